The number of halogens is 1. The highest BCUT2D eigenvalue weighted by Gasteiger charge is 2.12. The Kier molecular flexibility index (Phi) is 4.46. The molecule has 2 N–H and O–H groups in total. The summed E-state index contributed by atoms with van der Waals surface area (Å²) in [6.45, 7) is 0.608. The summed E-state index contributed by atoms with van der Waals surface area (Å²) >= 11 is 5.98. The van der Waals surface area contributed by atoms with E-state index in [1.807, 2.05) is 18.2 Å². The van der Waals surface area contributed by atoms with E-state index in [4.69, 9.17) is 22.1 Å². The van der Waals surface area contributed by atoms with Gasteiger partial charge in [-0.15, -0.1) is 0 Å². The van der Waals surface area contributed by atoms with Crippen molar-refractivity contribution in [2.75, 3.05) is 6.54 Å². The summed E-state index contributed by atoms with van der Waals surface area (Å²) in [6, 6.07) is 5.75. The van der Waals surface area contributed by atoms with Gasteiger partial charge in [0, 0.05) is 5.02 Å². The summed E-state index contributed by atoms with van der Waals surface area (Å²) in [5, 5.41) is 0.736. The van der Waals surface area contributed by atoms with Gasteiger partial charge in [0.2, 0.25) is 0 Å². The minimum atomic E-state index is 0.196. The molecule has 1 atom stereocenters. The quantitative estimate of drug-likeness (QED) is 0.834. The van der Waals surface area contributed by atoms with E-state index in [0.29, 0.717) is 6.54 Å². The number of allylic oxidation sites excluding steroid dienone is 1. The normalized spacial score (nSPS) is 19.3. The van der Waals surface area contributed by atoms with E-state index in [1.54, 1.807) is 0 Å². The molecule has 0 aliphatic heterocycles. The van der Waals surface area contributed by atoms with Gasteiger partial charge in [-0.1, -0.05) is 17.7 Å². The summed E-state index contributed by atoms with van der Waals surface area (Å²) in [7, 11) is 0. The zero-order chi connectivity index (χ0) is 12.1. The molecule has 1 aliphatic carbocycles. The minimum absolute atomic E-state index is 0.196. The van der Waals surface area contributed by atoms with Crippen molar-refractivity contribution in [2.24, 2.45) is 5.73 Å². The number of ether oxygens (including phenoxy) is 1. The van der Waals surface area contributed by atoms with E-state index in [9.17, 15) is 0 Å². The zero-order valence-electron chi connectivity index (χ0n) is 9.86. The first-order chi connectivity index (χ1) is 8.29. The molecular formula is C14H18ClNO. The van der Waals surface area contributed by atoms with E-state index in [-0.39, 0.29) is 6.10 Å². The number of benzene rings is 1. The third kappa shape index (κ3) is 3.48. The van der Waals surface area contributed by atoms with Crippen molar-refractivity contribution < 1.29 is 4.74 Å². The van der Waals surface area contributed by atoms with Crippen LogP contribution in [0.25, 0.3) is 0 Å². The smallest absolute Gasteiger partial charge is 0.123 e. The molecule has 0 radical (unpaired) electrons. The van der Waals surface area contributed by atoms with Crippen LogP contribution in [0.5, 0.6) is 5.75 Å². The van der Waals surface area contributed by atoms with Crippen molar-refractivity contribution in [2.45, 2.75) is 31.8 Å². The number of hydrogen-bond donors (Lipinski definition) is 1. The van der Waals surface area contributed by atoms with Gasteiger partial charge in [-0.2, -0.15) is 0 Å². The van der Waals surface area contributed by atoms with Crippen LogP contribution in [0.15, 0.2) is 30.4 Å². The molecular weight excluding hydrogens is 234 g/mol. The Bertz CT molecular complexity index is 403. The van der Waals surface area contributed by atoms with Crippen LogP contribution in [-0.2, 0) is 6.42 Å². The van der Waals surface area contributed by atoms with Gasteiger partial charge in [-0.05, 0) is 62.1 Å². The first-order valence-electron chi connectivity index (χ1n) is 6.11. The fraction of sp³-hybridized carbons (Fsp3) is 0.429. The second-order valence-electron chi connectivity index (χ2n) is 4.31. The molecule has 0 aromatic heterocycles. The summed E-state index contributed by atoms with van der Waals surface area (Å²) < 4.78 is 5.99. The van der Waals surface area contributed by atoms with Crippen molar-refractivity contribution in [1.29, 1.82) is 0 Å². The molecule has 1 aromatic carbocycles. The summed E-state index contributed by atoms with van der Waals surface area (Å²) in [5.74, 6) is 0.913. The van der Waals surface area contributed by atoms with Crippen LogP contribution in [-0.4, -0.2) is 12.6 Å². The standard InChI is InChI=1S/C14H18ClNO/c15-12-6-7-14(11(10-12)8-9-16)17-13-4-2-1-3-5-13/h2,4,6-7,10,13H,1,3,5,8-9,16H2. The fourth-order valence-corrected chi connectivity index (χ4v) is 2.25. The maximum atomic E-state index is 5.99. The van der Waals surface area contributed by atoms with Crippen LogP contribution in [0.2, 0.25) is 5.02 Å². The first kappa shape index (κ1) is 12.5. The van der Waals surface area contributed by atoms with E-state index in [0.717, 1.165) is 35.6 Å². The van der Waals surface area contributed by atoms with Gasteiger partial charge in [0.05, 0.1) is 0 Å². The molecule has 0 spiro atoms. The Balaban J connectivity index is 2.13. The number of nitrogens with two attached hydrogens (primary N) is 1. The van der Waals surface area contributed by atoms with Gasteiger partial charge in [0.1, 0.15) is 11.9 Å². The molecule has 0 amide bonds. The molecule has 0 fully saturated rings. The Labute approximate surface area is 107 Å². The lowest BCUT2D eigenvalue weighted by molar-refractivity contribution is 0.228. The van der Waals surface area contributed by atoms with Crippen LogP contribution < -0.4 is 10.5 Å². The molecule has 1 aliphatic rings. The molecule has 0 saturated heterocycles. The fourth-order valence-electron chi connectivity index (χ4n) is 2.06. The first-order valence-corrected chi connectivity index (χ1v) is 6.49. The molecule has 92 valence electrons. The maximum absolute atomic E-state index is 5.99. The molecule has 17 heavy (non-hydrogen) atoms. The van der Waals surface area contributed by atoms with Gasteiger partial charge < -0.3 is 10.5 Å². The maximum Gasteiger partial charge on any atom is 0.123 e. The van der Waals surface area contributed by atoms with Gasteiger partial charge >= 0.3 is 0 Å². The number of hydrogen-bond acceptors (Lipinski definition) is 2. The summed E-state index contributed by atoms with van der Waals surface area (Å²) in [4.78, 5) is 0. The van der Waals surface area contributed by atoms with Crippen molar-refractivity contribution in [3.8, 4) is 5.75 Å². The molecule has 1 aromatic rings. The van der Waals surface area contributed by atoms with Crippen molar-refractivity contribution in [3.05, 3.63) is 40.9 Å². The lowest BCUT2D eigenvalue weighted by Crippen LogP contribution is -2.17. The predicted octanol–water partition coefficient (Wildman–Crippen LogP) is 3.33. The molecule has 0 saturated carbocycles. The van der Waals surface area contributed by atoms with Crippen LogP contribution in [0.1, 0.15) is 24.8 Å². The second kappa shape index (κ2) is 6.08. The van der Waals surface area contributed by atoms with Gasteiger partial charge in [-0.3, -0.25) is 0 Å². The Hall–Kier alpha value is -0.990. The zero-order valence-corrected chi connectivity index (χ0v) is 10.6. The highest BCUT2D eigenvalue weighted by atomic mass is 35.5. The van der Waals surface area contributed by atoms with Crippen molar-refractivity contribution >= 4 is 11.6 Å². The predicted molar refractivity (Wildman–Crippen MR) is 71.6 cm³/mol. The Morgan fingerprint density at radius 2 is 2.29 bits per heavy atom. The third-order valence-corrected chi connectivity index (χ3v) is 3.16. The van der Waals surface area contributed by atoms with E-state index < -0.39 is 0 Å². The lowest BCUT2D eigenvalue weighted by Gasteiger charge is -2.20. The molecule has 0 bridgehead atoms. The van der Waals surface area contributed by atoms with Crippen LogP contribution >= 0.6 is 11.6 Å². The van der Waals surface area contributed by atoms with Crippen LogP contribution in [0.4, 0.5) is 0 Å². The van der Waals surface area contributed by atoms with Gasteiger partial charge in [0.25, 0.3) is 0 Å². The third-order valence-electron chi connectivity index (χ3n) is 2.92. The van der Waals surface area contributed by atoms with E-state index in [1.165, 1.54) is 6.42 Å². The van der Waals surface area contributed by atoms with Crippen molar-refractivity contribution in [1.82, 2.24) is 0 Å². The molecule has 2 rings (SSSR count). The Morgan fingerprint density at radius 1 is 1.41 bits per heavy atom. The lowest BCUT2D eigenvalue weighted by atomic mass is 10.0. The van der Waals surface area contributed by atoms with E-state index >= 15 is 0 Å². The molecule has 1 unspecified atom stereocenters. The summed E-state index contributed by atoms with van der Waals surface area (Å²) in [5.41, 5.74) is 6.70. The summed E-state index contributed by atoms with van der Waals surface area (Å²) in [6.07, 6.45) is 8.77. The van der Waals surface area contributed by atoms with Crippen LogP contribution in [0, 0.1) is 0 Å². The molecule has 2 nitrogen and oxygen atoms in total. The van der Waals surface area contributed by atoms with Gasteiger partial charge in [-0.25, -0.2) is 0 Å². The molecule has 0 heterocycles. The van der Waals surface area contributed by atoms with Crippen molar-refractivity contribution in [3.63, 3.8) is 0 Å². The Morgan fingerprint density at radius 3 is 3.00 bits per heavy atom. The topological polar surface area (TPSA) is 35.2 Å². The number of rotatable bonds is 4. The highest BCUT2D eigenvalue weighted by Crippen LogP contribution is 2.26. The van der Waals surface area contributed by atoms with Crippen LogP contribution in [0.3, 0.4) is 0 Å². The average Bonchev–Trinajstić information content (AvgIpc) is 2.34. The average molecular weight is 252 g/mol. The highest BCUT2D eigenvalue weighted by molar-refractivity contribution is 6.30. The largest absolute Gasteiger partial charge is 0.486 e. The molecule has 3 heteroatoms. The monoisotopic (exact) mass is 251 g/mol. The second-order valence-corrected chi connectivity index (χ2v) is 4.74. The van der Waals surface area contributed by atoms with E-state index in [2.05, 4.69) is 12.2 Å². The van der Waals surface area contributed by atoms with Gasteiger partial charge in [0.15, 0.2) is 0 Å². The SMILES string of the molecule is NCCc1cc(Cl)ccc1OC1C=CCCC1. The minimum Gasteiger partial charge on any atom is -0.486 e.